The minimum Gasteiger partial charge on any atom is -0.462 e. The first-order chi connectivity index (χ1) is 40.5. The number of ether oxygens (including phenoxy) is 3. The van der Waals surface area contributed by atoms with Crippen LogP contribution in [0.3, 0.4) is 0 Å². The lowest BCUT2D eigenvalue weighted by Gasteiger charge is -2.18. The Hall–Kier alpha value is -3.67. The molecule has 472 valence electrons. The zero-order chi connectivity index (χ0) is 59.2. The number of esters is 3. The molecule has 0 aliphatic carbocycles. The maximum Gasteiger partial charge on any atom is 0.306 e. The fourth-order valence-electron chi connectivity index (χ4n) is 10.1. The number of allylic oxidation sites excluding steroid dienone is 16. The Balaban J connectivity index is 4.23. The summed E-state index contributed by atoms with van der Waals surface area (Å²) in [6.07, 6.45) is 94.4. The van der Waals surface area contributed by atoms with Crippen molar-refractivity contribution in [1.29, 1.82) is 0 Å². The van der Waals surface area contributed by atoms with Crippen molar-refractivity contribution in [3.63, 3.8) is 0 Å². The number of hydrogen-bond acceptors (Lipinski definition) is 6. The quantitative estimate of drug-likeness (QED) is 0.0261. The fraction of sp³-hybridized carbons (Fsp3) is 0.750. The van der Waals surface area contributed by atoms with Gasteiger partial charge in [-0.25, -0.2) is 0 Å². The summed E-state index contributed by atoms with van der Waals surface area (Å²) in [6.45, 7) is 6.44. The van der Waals surface area contributed by atoms with Gasteiger partial charge < -0.3 is 14.2 Å². The molecule has 6 nitrogen and oxygen atoms in total. The first-order valence-electron chi connectivity index (χ1n) is 35.2. The molecule has 1 atom stereocenters. The molecule has 0 spiro atoms. The highest BCUT2D eigenvalue weighted by atomic mass is 16.6. The van der Waals surface area contributed by atoms with Crippen LogP contribution in [0.5, 0.6) is 0 Å². The molecule has 6 heteroatoms. The Morgan fingerprint density at radius 3 is 0.756 bits per heavy atom. The van der Waals surface area contributed by atoms with Crippen molar-refractivity contribution < 1.29 is 28.6 Å². The van der Waals surface area contributed by atoms with Crippen molar-refractivity contribution in [1.82, 2.24) is 0 Å². The average molecular weight is 1140 g/mol. The van der Waals surface area contributed by atoms with Crippen LogP contribution in [0.25, 0.3) is 0 Å². The summed E-state index contributed by atoms with van der Waals surface area (Å²) >= 11 is 0. The van der Waals surface area contributed by atoms with Gasteiger partial charge in [-0.2, -0.15) is 0 Å². The van der Waals surface area contributed by atoms with Gasteiger partial charge in [0.1, 0.15) is 13.2 Å². The number of rotatable bonds is 64. The van der Waals surface area contributed by atoms with E-state index < -0.39 is 6.10 Å². The van der Waals surface area contributed by atoms with E-state index in [1.807, 2.05) is 0 Å². The van der Waals surface area contributed by atoms with E-state index in [1.54, 1.807) is 0 Å². The highest BCUT2D eigenvalue weighted by Gasteiger charge is 2.19. The predicted octanol–water partition coefficient (Wildman–Crippen LogP) is 24.4. The van der Waals surface area contributed by atoms with Crippen LogP contribution in [-0.4, -0.2) is 37.2 Å². The van der Waals surface area contributed by atoms with E-state index in [0.29, 0.717) is 19.3 Å². The average Bonchev–Trinajstić information content (AvgIpc) is 3.47. The second kappa shape index (κ2) is 69.8. The van der Waals surface area contributed by atoms with E-state index >= 15 is 0 Å². The third-order valence-electron chi connectivity index (χ3n) is 15.3. The van der Waals surface area contributed by atoms with Crippen molar-refractivity contribution >= 4 is 17.9 Å². The molecule has 82 heavy (non-hydrogen) atoms. The molecule has 0 saturated carbocycles. The first-order valence-corrected chi connectivity index (χ1v) is 35.2. The number of carbonyl (C=O) groups excluding carboxylic acids is 3. The molecule has 0 aliphatic heterocycles. The molecular weight excluding hydrogens is 1010 g/mol. The highest BCUT2D eigenvalue weighted by molar-refractivity contribution is 5.71. The second-order valence-corrected chi connectivity index (χ2v) is 23.4. The third-order valence-corrected chi connectivity index (χ3v) is 15.3. The lowest BCUT2D eigenvalue weighted by Crippen LogP contribution is -2.30. The van der Waals surface area contributed by atoms with Gasteiger partial charge in [-0.1, -0.05) is 311 Å². The van der Waals surface area contributed by atoms with E-state index in [9.17, 15) is 14.4 Å². The molecule has 0 fully saturated rings. The summed E-state index contributed by atoms with van der Waals surface area (Å²) in [4.78, 5) is 38.4. The zero-order valence-electron chi connectivity index (χ0n) is 54.2. The topological polar surface area (TPSA) is 78.9 Å². The lowest BCUT2D eigenvalue weighted by molar-refractivity contribution is -0.167. The first kappa shape index (κ1) is 78.3. The van der Waals surface area contributed by atoms with Crippen LogP contribution < -0.4 is 0 Å². The van der Waals surface area contributed by atoms with Crippen LogP contribution in [0, 0.1) is 0 Å². The molecule has 1 unspecified atom stereocenters. The van der Waals surface area contributed by atoms with Gasteiger partial charge in [-0.15, -0.1) is 0 Å². The van der Waals surface area contributed by atoms with Crippen molar-refractivity contribution in [2.45, 2.75) is 354 Å². The van der Waals surface area contributed by atoms with E-state index in [2.05, 4.69) is 118 Å². The standard InChI is InChI=1S/C76H132O6/c1-4-7-10-13-16-19-22-25-28-30-32-33-34-35-36-37-38-39-40-41-42-43-44-46-48-51-54-57-60-63-66-69-75(78)81-72-73(71-80-74(77)68-65-62-59-56-53-50-47-27-24-21-18-15-12-9-6-3)82-76(79)70-67-64-61-58-55-52-49-45-31-29-26-23-20-17-14-11-8-5-2/h7,9-10,12,16,18-19,21,25,27-29,31-33,47,73H,4-6,8,11,13-15,17,20,22-24,26,30,34-46,48-72H2,1-3H3/b10-7-,12-9-,19-16-,21-18-,28-25-,31-29-,33-32-,47-27-. The monoisotopic (exact) mass is 1140 g/mol. The molecule has 0 rings (SSSR count). The normalized spacial score (nSPS) is 12.7. The maximum atomic E-state index is 12.9. The van der Waals surface area contributed by atoms with Gasteiger partial charge in [-0.05, 0) is 116 Å². The molecule has 0 amide bonds. The van der Waals surface area contributed by atoms with Gasteiger partial charge >= 0.3 is 17.9 Å². The Kier molecular flexibility index (Phi) is 66.7. The van der Waals surface area contributed by atoms with E-state index in [1.165, 1.54) is 186 Å². The number of hydrogen-bond donors (Lipinski definition) is 0. The van der Waals surface area contributed by atoms with Crippen LogP contribution in [-0.2, 0) is 28.6 Å². The SMILES string of the molecule is CC/C=C\C/C=C\C/C=C\C/C=C\CCCCCCCCCCCCCCCCCCCCC(=O)OCC(COC(=O)CCCCCCC/C=C\C/C=C\C/C=C\CC)OC(=O)CCCCCCCCC/C=C\CCCCCCCCC. The van der Waals surface area contributed by atoms with Gasteiger partial charge in [0.2, 0.25) is 0 Å². The minimum absolute atomic E-state index is 0.0815. The van der Waals surface area contributed by atoms with Gasteiger partial charge in [-0.3, -0.25) is 14.4 Å². The molecule has 0 aromatic rings. The molecule has 0 aromatic heterocycles. The molecule has 0 radical (unpaired) electrons. The molecule has 0 aliphatic rings. The van der Waals surface area contributed by atoms with E-state index in [4.69, 9.17) is 14.2 Å². The van der Waals surface area contributed by atoms with Crippen LogP contribution in [0.15, 0.2) is 97.2 Å². The minimum atomic E-state index is -0.787. The Bertz CT molecular complexity index is 1590. The summed E-state index contributed by atoms with van der Waals surface area (Å²) in [5.74, 6) is -0.887. The molecule has 0 N–H and O–H groups in total. The van der Waals surface area contributed by atoms with E-state index in [-0.39, 0.29) is 31.1 Å². The summed E-state index contributed by atoms with van der Waals surface area (Å²) in [5.41, 5.74) is 0. The lowest BCUT2D eigenvalue weighted by atomic mass is 10.0. The third kappa shape index (κ3) is 67.1. The van der Waals surface area contributed by atoms with Gasteiger partial charge in [0, 0.05) is 19.3 Å². The second-order valence-electron chi connectivity index (χ2n) is 23.4. The van der Waals surface area contributed by atoms with Crippen molar-refractivity contribution in [2.75, 3.05) is 13.2 Å². The van der Waals surface area contributed by atoms with E-state index in [0.717, 1.165) is 122 Å². The summed E-state index contributed by atoms with van der Waals surface area (Å²) in [5, 5.41) is 0. The predicted molar refractivity (Wildman–Crippen MR) is 357 cm³/mol. The van der Waals surface area contributed by atoms with Crippen LogP contribution in [0.1, 0.15) is 348 Å². The van der Waals surface area contributed by atoms with Crippen LogP contribution in [0.4, 0.5) is 0 Å². The molecule has 0 heterocycles. The molecular formula is C76H132O6. The zero-order valence-corrected chi connectivity index (χ0v) is 54.2. The smallest absolute Gasteiger partial charge is 0.306 e. The molecule has 0 saturated heterocycles. The van der Waals surface area contributed by atoms with Crippen molar-refractivity contribution in [3.8, 4) is 0 Å². The van der Waals surface area contributed by atoms with Gasteiger partial charge in [0.05, 0.1) is 0 Å². The largest absolute Gasteiger partial charge is 0.462 e. The van der Waals surface area contributed by atoms with Gasteiger partial charge in [0.15, 0.2) is 6.10 Å². The Morgan fingerprint density at radius 2 is 0.476 bits per heavy atom. The maximum absolute atomic E-state index is 12.9. The van der Waals surface area contributed by atoms with Crippen molar-refractivity contribution in [3.05, 3.63) is 97.2 Å². The Morgan fingerprint density at radius 1 is 0.256 bits per heavy atom. The summed E-state index contributed by atoms with van der Waals surface area (Å²) in [6, 6.07) is 0. The van der Waals surface area contributed by atoms with Gasteiger partial charge in [0.25, 0.3) is 0 Å². The molecule has 0 aromatic carbocycles. The van der Waals surface area contributed by atoms with Crippen LogP contribution >= 0.6 is 0 Å². The van der Waals surface area contributed by atoms with Crippen molar-refractivity contribution in [2.24, 2.45) is 0 Å². The fourth-order valence-corrected chi connectivity index (χ4v) is 10.1. The highest BCUT2D eigenvalue weighted by Crippen LogP contribution is 2.17. The number of carbonyl (C=O) groups is 3. The summed E-state index contributed by atoms with van der Waals surface area (Å²) < 4.78 is 17.0. The number of unbranched alkanes of at least 4 members (excludes halogenated alkanes) is 37. The molecule has 0 bridgehead atoms. The summed E-state index contributed by atoms with van der Waals surface area (Å²) in [7, 11) is 0. The van der Waals surface area contributed by atoms with Crippen LogP contribution in [0.2, 0.25) is 0 Å². The Labute approximate surface area is 508 Å².